The van der Waals surface area contributed by atoms with Gasteiger partial charge in [-0.05, 0) is 72.3 Å². The van der Waals surface area contributed by atoms with Crippen molar-refractivity contribution in [2.75, 3.05) is 5.32 Å². The van der Waals surface area contributed by atoms with E-state index in [0.29, 0.717) is 22.6 Å². The number of rotatable bonds is 5. The molecule has 0 aliphatic heterocycles. The molecule has 9 heteroatoms. The number of anilines is 1. The van der Waals surface area contributed by atoms with Crippen LogP contribution in [0.1, 0.15) is 15.9 Å². The molecule has 0 spiro atoms. The number of carbonyl (C=O) groups excluding carboxylic acids is 3. The molecular weight excluding hydrogens is 530 g/mol. The molecule has 3 aromatic carbocycles. The van der Waals surface area contributed by atoms with E-state index < -0.39 is 17.8 Å². The third-order valence-corrected chi connectivity index (χ3v) is 4.86. The highest BCUT2D eigenvalue weighted by atomic mass is 79.9. The van der Waals surface area contributed by atoms with E-state index in [2.05, 4.69) is 47.7 Å². The lowest BCUT2D eigenvalue weighted by Gasteiger charge is -2.05. The number of nitrogens with zero attached hydrogens (tertiary/aromatic N) is 1. The van der Waals surface area contributed by atoms with Crippen molar-refractivity contribution in [3.63, 3.8) is 0 Å². The summed E-state index contributed by atoms with van der Waals surface area (Å²) in [6.07, 6.45) is 1.37. The Morgan fingerprint density at radius 2 is 1.55 bits per heavy atom. The normalized spacial score (nSPS) is 10.5. The summed E-state index contributed by atoms with van der Waals surface area (Å²) in [5, 5.41) is 6.22. The van der Waals surface area contributed by atoms with E-state index in [9.17, 15) is 14.4 Å². The number of esters is 1. The van der Waals surface area contributed by atoms with Crippen LogP contribution in [0, 0.1) is 0 Å². The molecule has 2 N–H and O–H groups in total. The zero-order valence-electron chi connectivity index (χ0n) is 15.8. The monoisotopic (exact) mass is 543 g/mol. The van der Waals surface area contributed by atoms with Gasteiger partial charge in [0.05, 0.1) is 11.8 Å². The number of halogens is 2. The van der Waals surface area contributed by atoms with Crippen LogP contribution in [-0.4, -0.2) is 24.0 Å². The van der Waals surface area contributed by atoms with Crippen LogP contribution in [0.4, 0.5) is 5.69 Å². The Bertz CT molecular complexity index is 1130. The molecule has 0 aromatic heterocycles. The summed E-state index contributed by atoms with van der Waals surface area (Å²) in [4.78, 5) is 35.8. The Kier molecular flexibility index (Phi) is 7.69. The lowest BCUT2D eigenvalue weighted by molar-refractivity contribution is -0.136. The first kappa shape index (κ1) is 22.4. The van der Waals surface area contributed by atoms with Gasteiger partial charge in [0.2, 0.25) is 0 Å². The van der Waals surface area contributed by atoms with Gasteiger partial charge in [-0.1, -0.05) is 37.9 Å². The van der Waals surface area contributed by atoms with E-state index >= 15 is 0 Å². The predicted molar refractivity (Wildman–Crippen MR) is 124 cm³/mol. The third kappa shape index (κ3) is 6.87. The predicted octanol–water partition coefficient (Wildman–Crippen LogP) is 4.52. The van der Waals surface area contributed by atoms with Gasteiger partial charge >= 0.3 is 17.8 Å². The first-order chi connectivity index (χ1) is 14.9. The molecule has 0 unspecified atom stereocenters. The summed E-state index contributed by atoms with van der Waals surface area (Å²) in [6.45, 7) is 0. The summed E-state index contributed by atoms with van der Waals surface area (Å²) in [7, 11) is 0. The van der Waals surface area contributed by atoms with E-state index in [-0.39, 0.29) is 0 Å². The van der Waals surface area contributed by atoms with Gasteiger partial charge in [0, 0.05) is 14.6 Å². The molecule has 31 heavy (non-hydrogen) atoms. The van der Waals surface area contributed by atoms with Crippen molar-refractivity contribution >= 4 is 61.5 Å². The zero-order chi connectivity index (χ0) is 22.2. The molecule has 3 aromatic rings. The molecule has 0 aliphatic carbocycles. The molecule has 0 saturated heterocycles. The fourth-order valence-corrected chi connectivity index (χ4v) is 3.00. The largest absolute Gasteiger partial charge is 0.423 e. The Morgan fingerprint density at radius 1 is 0.839 bits per heavy atom. The van der Waals surface area contributed by atoms with E-state index in [1.54, 1.807) is 66.7 Å². The first-order valence-corrected chi connectivity index (χ1v) is 10.5. The standard InChI is InChI=1S/C22H15Br2N3O4/c23-16-6-8-18(9-7-16)26-20(28)21(29)27-25-13-14-4-10-19(11-5-14)31-22(30)15-2-1-3-17(24)12-15/h1-13H,(H,26,28)(H,27,29). The molecule has 0 fully saturated rings. The van der Waals surface area contributed by atoms with Gasteiger partial charge in [-0.15, -0.1) is 0 Å². The van der Waals surface area contributed by atoms with Crippen LogP contribution in [0.15, 0.2) is 86.8 Å². The molecule has 0 radical (unpaired) electrons. The molecule has 0 atom stereocenters. The van der Waals surface area contributed by atoms with E-state index in [1.807, 2.05) is 6.07 Å². The number of hydrogen-bond acceptors (Lipinski definition) is 5. The summed E-state index contributed by atoms with van der Waals surface area (Å²) in [6, 6.07) is 20.2. The maximum atomic E-state index is 12.2. The van der Waals surface area contributed by atoms with Crippen molar-refractivity contribution < 1.29 is 19.1 Å². The summed E-state index contributed by atoms with van der Waals surface area (Å²) in [5.41, 5.74) is 3.70. The van der Waals surface area contributed by atoms with Crippen LogP contribution < -0.4 is 15.5 Å². The SMILES string of the molecule is O=C(NN=Cc1ccc(OC(=O)c2cccc(Br)c2)cc1)C(=O)Nc1ccc(Br)cc1. The number of carbonyl (C=O) groups is 3. The molecular formula is C22H15Br2N3O4. The molecule has 0 heterocycles. The highest BCUT2D eigenvalue weighted by Gasteiger charge is 2.12. The van der Waals surface area contributed by atoms with Gasteiger partial charge in [-0.3, -0.25) is 9.59 Å². The average molecular weight is 545 g/mol. The van der Waals surface area contributed by atoms with Crippen molar-refractivity contribution in [3.8, 4) is 5.75 Å². The quantitative estimate of drug-likeness (QED) is 0.162. The zero-order valence-corrected chi connectivity index (χ0v) is 19.0. The van der Waals surface area contributed by atoms with Crippen molar-refractivity contribution in [3.05, 3.63) is 92.9 Å². The minimum Gasteiger partial charge on any atom is -0.423 e. The van der Waals surface area contributed by atoms with Gasteiger partial charge in [0.25, 0.3) is 0 Å². The van der Waals surface area contributed by atoms with Crippen molar-refractivity contribution in [1.29, 1.82) is 0 Å². The number of benzene rings is 3. The third-order valence-electron chi connectivity index (χ3n) is 3.84. The van der Waals surface area contributed by atoms with Crippen molar-refractivity contribution in [2.24, 2.45) is 5.10 Å². The smallest absolute Gasteiger partial charge is 0.343 e. The fourth-order valence-electron chi connectivity index (χ4n) is 2.34. The summed E-state index contributed by atoms with van der Waals surface area (Å²) in [5.74, 6) is -1.86. The molecule has 3 rings (SSSR count). The Hall–Kier alpha value is -3.30. The number of ether oxygens (including phenoxy) is 1. The van der Waals surface area contributed by atoms with Gasteiger partial charge in [-0.2, -0.15) is 5.10 Å². The maximum Gasteiger partial charge on any atom is 0.343 e. The number of hydrazone groups is 1. The molecule has 2 amide bonds. The minimum atomic E-state index is -0.904. The van der Waals surface area contributed by atoms with Crippen LogP contribution in [0.3, 0.4) is 0 Å². The van der Waals surface area contributed by atoms with Crippen LogP contribution in [-0.2, 0) is 9.59 Å². The second kappa shape index (κ2) is 10.6. The van der Waals surface area contributed by atoms with Crippen molar-refractivity contribution in [2.45, 2.75) is 0 Å². The summed E-state index contributed by atoms with van der Waals surface area (Å²) >= 11 is 6.60. The molecule has 0 saturated carbocycles. The average Bonchev–Trinajstić information content (AvgIpc) is 2.76. The second-order valence-electron chi connectivity index (χ2n) is 6.13. The van der Waals surface area contributed by atoms with E-state index in [1.165, 1.54) is 6.21 Å². The molecule has 156 valence electrons. The van der Waals surface area contributed by atoms with E-state index in [0.717, 1.165) is 8.95 Å². The first-order valence-electron chi connectivity index (χ1n) is 8.88. The highest BCUT2D eigenvalue weighted by Crippen LogP contribution is 2.16. The van der Waals surface area contributed by atoms with Gasteiger partial charge in [-0.25, -0.2) is 10.2 Å². The van der Waals surface area contributed by atoms with Crippen LogP contribution in [0.25, 0.3) is 0 Å². The molecule has 7 nitrogen and oxygen atoms in total. The highest BCUT2D eigenvalue weighted by molar-refractivity contribution is 9.10. The molecule has 0 bridgehead atoms. The van der Waals surface area contributed by atoms with Crippen LogP contribution in [0.5, 0.6) is 5.75 Å². The Balaban J connectivity index is 1.50. The maximum absolute atomic E-state index is 12.2. The van der Waals surface area contributed by atoms with Gasteiger partial charge in [0.15, 0.2) is 0 Å². The minimum absolute atomic E-state index is 0.361. The lowest BCUT2D eigenvalue weighted by Crippen LogP contribution is -2.32. The number of nitrogens with one attached hydrogen (secondary N) is 2. The summed E-state index contributed by atoms with van der Waals surface area (Å²) < 4.78 is 6.95. The number of amides is 2. The van der Waals surface area contributed by atoms with Crippen LogP contribution >= 0.6 is 31.9 Å². The fraction of sp³-hybridized carbons (Fsp3) is 0. The topological polar surface area (TPSA) is 96.9 Å². The van der Waals surface area contributed by atoms with Crippen molar-refractivity contribution in [1.82, 2.24) is 5.43 Å². The van der Waals surface area contributed by atoms with Gasteiger partial charge in [0.1, 0.15) is 5.75 Å². The van der Waals surface area contributed by atoms with Crippen LogP contribution in [0.2, 0.25) is 0 Å². The lowest BCUT2D eigenvalue weighted by atomic mass is 10.2. The van der Waals surface area contributed by atoms with Gasteiger partial charge < -0.3 is 10.1 Å². The number of hydrogen-bond donors (Lipinski definition) is 2. The molecule has 0 aliphatic rings. The second-order valence-corrected chi connectivity index (χ2v) is 7.96. The Labute approximate surface area is 194 Å². The Morgan fingerprint density at radius 3 is 2.23 bits per heavy atom. The van der Waals surface area contributed by atoms with E-state index in [4.69, 9.17) is 4.74 Å².